The van der Waals surface area contributed by atoms with Gasteiger partial charge in [-0.1, -0.05) is 18.2 Å². The van der Waals surface area contributed by atoms with Crippen molar-refractivity contribution >= 4 is 5.97 Å². The lowest BCUT2D eigenvalue weighted by atomic mass is 10.1. The molecule has 3 aromatic rings. The predicted octanol–water partition coefficient (Wildman–Crippen LogP) is 3.45. The van der Waals surface area contributed by atoms with E-state index in [4.69, 9.17) is 5.11 Å². The number of hydrogen-bond donors (Lipinski definition) is 2. The second kappa shape index (κ2) is 8.22. The van der Waals surface area contributed by atoms with Crippen LogP contribution in [0.5, 0.6) is 0 Å². The van der Waals surface area contributed by atoms with Crippen molar-refractivity contribution in [2.24, 2.45) is 0 Å². The monoisotopic (exact) mass is 390 g/mol. The molecule has 28 heavy (non-hydrogen) atoms. The van der Waals surface area contributed by atoms with Crippen LogP contribution in [0.1, 0.15) is 21.5 Å². The van der Waals surface area contributed by atoms with E-state index in [1.165, 1.54) is 30.5 Å². The van der Waals surface area contributed by atoms with Crippen LogP contribution in [0.2, 0.25) is 0 Å². The quantitative estimate of drug-likeness (QED) is 0.604. The lowest BCUT2D eigenvalue weighted by Crippen LogP contribution is -2.21. The van der Waals surface area contributed by atoms with Gasteiger partial charge in [-0.3, -0.25) is 4.98 Å². The molecule has 0 fully saturated rings. The van der Waals surface area contributed by atoms with Crippen LogP contribution in [-0.4, -0.2) is 32.2 Å². The molecule has 0 spiro atoms. The van der Waals surface area contributed by atoms with Crippen molar-refractivity contribution < 1.29 is 23.1 Å². The highest BCUT2D eigenvalue weighted by Crippen LogP contribution is 2.31. The van der Waals surface area contributed by atoms with Crippen molar-refractivity contribution in [2.45, 2.75) is 19.3 Å². The molecular formula is C19H17F3N4O2. The third-order valence-electron chi connectivity index (χ3n) is 4.09. The summed E-state index contributed by atoms with van der Waals surface area (Å²) in [6.07, 6.45) is 0.293. The summed E-state index contributed by atoms with van der Waals surface area (Å²) in [5.74, 6) is -1.05. The van der Waals surface area contributed by atoms with Gasteiger partial charge in [0, 0.05) is 32.0 Å². The number of aromatic carboxylic acids is 1. The van der Waals surface area contributed by atoms with Crippen LogP contribution in [0.3, 0.4) is 0 Å². The molecule has 0 saturated carbocycles. The maximum Gasteiger partial charge on any atom is 0.416 e. The van der Waals surface area contributed by atoms with Crippen molar-refractivity contribution in [1.82, 2.24) is 19.9 Å². The number of carboxylic acid groups (broad SMARTS) is 1. The summed E-state index contributed by atoms with van der Waals surface area (Å²) in [4.78, 5) is 19.3. The SMILES string of the molecule is O=C(O)c1ccnc(-c2cn(CCNCc3ccccc3C(F)(F)F)cn2)c1. The first-order valence-electron chi connectivity index (χ1n) is 8.42. The summed E-state index contributed by atoms with van der Waals surface area (Å²) in [6.45, 7) is 1.02. The molecule has 0 unspecified atom stereocenters. The number of halogens is 3. The third-order valence-corrected chi connectivity index (χ3v) is 4.09. The summed E-state index contributed by atoms with van der Waals surface area (Å²) in [5.41, 5.74) is 0.619. The topological polar surface area (TPSA) is 80.0 Å². The lowest BCUT2D eigenvalue weighted by molar-refractivity contribution is -0.138. The van der Waals surface area contributed by atoms with Gasteiger partial charge in [-0.2, -0.15) is 13.2 Å². The fourth-order valence-corrected chi connectivity index (χ4v) is 2.70. The van der Waals surface area contributed by atoms with Gasteiger partial charge < -0.3 is 15.0 Å². The fraction of sp³-hybridized carbons (Fsp3) is 0.211. The Labute approximate surface area is 158 Å². The van der Waals surface area contributed by atoms with E-state index in [1.807, 2.05) is 0 Å². The zero-order chi connectivity index (χ0) is 20.1. The van der Waals surface area contributed by atoms with E-state index in [0.29, 0.717) is 24.5 Å². The van der Waals surface area contributed by atoms with Crippen LogP contribution in [-0.2, 0) is 19.3 Å². The molecule has 146 valence electrons. The average Bonchev–Trinajstić information content (AvgIpc) is 3.14. The number of carboxylic acids is 1. The van der Waals surface area contributed by atoms with Gasteiger partial charge in [-0.15, -0.1) is 0 Å². The fourth-order valence-electron chi connectivity index (χ4n) is 2.70. The first-order chi connectivity index (χ1) is 13.3. The smallest absolute Gasteiger partial charge is 0.416 e. The zero-order valence-electron chi connectivity index (χ0n) is 14.6. The number of rotatable bonds is 7. The molecule has 0 atom stereocenters. The Morgan fingerprint density at radius 2 is 1.93 bits per heavy atom. The van der Waals surface area contributed by atoms with Gasteiger partial charge in [0.25, 0.3) is 0 Å². The molecule has 1 aromatic carbocycles. The van der Waals surface area contributed by atoms with Crippen LogP contribution >= 0.6 is 0 Å². The highest BCUT2D eigenvalue weighted by Gasteiger charge is 2.32. The summed E-state index contributed by atoms with van der Waals surface area (Å²) in [6, 6.07) is 8.29. The van der Waals surface area contributed by atoms with Crippen molar-refractivity contribution in [3.63, 3.8) is 0 Å². The standard InChI is InChI=1S/C19H17F3N4O2/c20-19(21,22)15-4-2-1-3-14(15)10-23-7-8-26-11-17(25-12-26)16-9-13(18(27)28)5-6-24-16/h1-6,9,11-12,23H,7-8,10H2,(H,27,28). The van der Waals surface area contributed by atoms with Gasteiger partial charge in [0.15, 0.2) is 0 Å². The van der Waals surface area contributed by atoms with E-state index in [0.717, 1.165) is 6.07 Å². The van der Waals surface area contributed by atoms with Crippen molar-refractivity contribution in [1.29, 1.82) is 0 Å². The normalized spacial score (nSPS) is 11.5. The molecule has 3 rings (SSSR count). The van der Waals surface area contributed by atoms with Crippen molar-refractivity contribution in [3.05, 3.63) is 71.8 Å². The van der Waals surface area contributed by atoms with Crippen molar-refractivity contribution in [2.75, 3.05) is 6.54 Å². The first-order valence-corrected chi connectivity index (χ1v) is 8.42. The number of carbonyl (C=O) groups is 1. The van der Waals surface area contributed by atoms with Gasteiger partial charge in [-0.05, 0) is 23.8 Å². The Morgan fingerprint density at radius 1 is 1.14 bits per heavy atom. The number of benzene rings is 1. The molecule has 0 bridgehead atoms. The Bertz CT molecular complexity index is 970. The summed E-state index contributed by atoms with van der Waals surface area (Å²) >= 11 is 0. The molecule has 0 amide bonds. The molecular weight excluding hydrogens is 373 g/mol. The highest BCUT2D eigenvalue weighted by atomic mass is 19.4. The predicted molar refractivity (Wildman–Crippen MR) is 95.6 cm³/mol. The second-order valence-corrected chi connectivity index (χ2v) is 6.06. The number of imidazole rings is 1. The number of hydrogen-bond acceptors (Lipinski definition) is 4. The Balaban J connectivity index is 1.58. The molecule has 2 heterocycles. The largest absolute Gasteiger partial charge is 0.478 e. The summed E-state index contributed by atoms with van der Waals surface area (Å²) in [5, 5.41) is 12.0. The maximum absolute atomic E-state index is 13.0. The Hall–Kier alpha value is -3.20. The summed E-state index contributed by atoms with van der Waals surface area (Å²) in [7, 11) is 0. The molecule has 2 aromatic heterocycles. The maximum atomic E-state index is 13.0. The minimum absolute atomic E-state index is 0.0967. The van der Waals surface area contributed by atoms with Gasteiger partial charge in [0.2, 0.25) is 0 Å². The molecule has 2 N–H and O–H groups in total. The number of nitrogens with one attached hydrogen (secondary N) is 1. The molecule has 0 saturated heterocycles. The van der Waals surface area contributed by atoms with E-state index < -0.39 is 17.7 Å². The van der Waals surface area contributed by atoms with E-state index >= 15 is 0 Å². The molecule has 0 aliphatic carbocycles. The van der Waals surface area contributed by atoms with Gasteiger partial charge >= 0.3 is 12.1 Å². The highest BCUT2D eigenvalue weighted by molar-refractivity contribution is 5.88. The van der Waals surface area contributed by atoms with E-state index in [9.17, 15) is 18.0 Å². The van der Waals surface area contributed by atoms with Gasteiger partial charge in [0.05, 0.1) is 23.1 Å². The van der Waals surface area contributed by atoms with Crippen LogP contribution in [0, 0.1) is 0 Å². The summed E-state index contributed by atoms with van der Waals surface area (Å²) < 4.78 is 40.7. The average molecular weight is 390 g/mol. The molecule has 9 heteroatoms. The van der Waals surface area contributed by atoms with Crippen LogP contribution in [0.15, 0.2) is 55.1 Å². The number of alkyl halides is 3. The minimum Gasteiger partial charge on any atom is -0.478 e. The van der Waals surface area contributed by atoms with E-state index in [1.54, 1.807) is 23.2 Å². The molecule has 6 nitrogen and oxygen atoms in total. The minimum atomic E-state index is -4.38. The van der Waals surface area contributed by atoms with Gasteiger partial charge in [0.1, 0.15) is 5.69 Å². The number of nitrogens with zero attached hydrogens (tertiary/aromatic N) is 3. The lowest BCUT2D eigenvalue weighted by Gasteiger charge is -2.13. The first kappa shape index (κ1) is 19.6. The second-order valence-electron chi connectivity index (χ2n) is 6.06. The third kappa shape index (κ3) is 4.74. The molecule has 0 radical (unpaired) electrons. The number of aromatic nitrogens is 3. The molecule has 0 aliphatic rings. The Morgan fingerprint density at radius 3 is 2.68 bits per heavy atom. The van der Waals surface area contributed by atoms with E-state index in [-0.39, 0.29) is 17.7 Å². The Kier molecular flexibility index (Phi) is 5.74. The van der Waals surface area contributed by atoms with E-state index in [2.05, 4.69) is 15.3 Å². The van der Waals surface area contributed by atoms with Crippen LogP contribution in [0.25, 0.3) is 11.4 Å². The molecule has 0 aliphatic heterocycles. The van der Waals surface area contributed by atoms with Gasteiger partial charge in [-0.25, -0.2) is 9.78 Å². The van der Waals surface area contributed by atoms with Crippen LogP contribution in [0.4, 0.5) is 13.2 Å². The number of pyridine rings is 1. The zero-order valence-corrected chi connectivity index (χ0v) is 14.6. The van der Waals surface area contributed by atoms with Crippen LogP contribution < -0.4 is 5.32 Å². The van der Waals surface area contributed by atoms with Crippen molar-refractivity contribution in [3.8, 4) is 11.4 Å².